The molecular weight excluding hydrogens is 296 g/mol. The average Bonchev–Trinajstić information content (AvgIpc) is 3.15. The predicted molar refractivity (Wildman–Crippen MR) is 98.4 cm³/mol. The fourth-order valence-corrected chi connectivity index (χ4v) is 3.90. The van der Waals surface area contributed by atoms with Crippen molar-refractivity contribution in [2.24, 2.45) is 0 Å². The maximum absolute atomic E-state index is 6.07. The average molecular weight is 310 g/mol. The van der Waals surface area contributed by atoms with E-state index in [2.05, 4.69) is 48.6 Å². The van der Waals surface area contributed by atoms with Crippen LogP contribution in [-0.4, -0.2) is 0 Å². The number of para-hydroxylation sites is 1. The van der Waals surface area contributed by atoms with E-state index in [1.807, 2.05) is 12.1 Å². The lowest BCUT2D eigenvalue weighted by Crippen LogP contribution is -2.21. The molecule has 6 rings (SSSR count). The van der Waals surface area contributed by atoms with E-state index in [0.717, 1.165) is 45.8 Å². The molecule has 0 atom stereocenters. The number of furan rings is 2. The van der Waals surface area contributed by atoms with Gasteiger partial charge in [-0.05, 0) is 60.0 Å². The smallest absolute Gasteiger partial charge is 0.136 e. The summed E-state index contributed by atoms with van der Waals surface area (Å²) >= 11 is 0. The van der Waals surface area contributed by atoms with Crippen LogP contribution in [0.3, 0.4) is 0 Å². The van der Waals surface area contributed by atoms with Gasteiger partial charge in [0, 0.05) is 21.4 Å². The van der Waals surface area contributed by atoms with Gasteiger partial charge in [-0.25, -0.2) is 0 Å². The zero-order valence-corrected chi connectivity index (χ0v) is 13.0. The van der Waals surface area contributed by atoms with Crippen LogP contribution in [0.2, 0.25) is 0 Å². The summed E-state index contributed by atoms with van der Waals surface area (Å²) in [5.41, 5.74) is 3.86. The van der Waals surface area contributed by atoms with Gasteiger partial charge in [-0.15, -0.1) is 0 Å². The highest BCUT2D eigenvalue weighted by molar-refractivity contribution is 6.11. The SMILES string of the molecule is C1=c2oc3cc4cc5c(cc4cc3c2=CCC1)oc1ccccc15. The second-order valence-corrected chi connectivity index (χ2v) is 6.51. The van der Waals surface area contributed by atoms with Gasteiger partial charge in [-0.2, -0.15) is 0 Å². The molecule has 114 valence electrons. The summed E-state index contributed by atoms with van der Waals surface area (Å²) in [6.45, 7) is 0. The van der Waals surface area contributed by atoms with E-state index in [1.54, 1.807) is 0 Å². The van der Waals surface area contributed by atoms with Crippen molar-refractivity contribution in [3.63, 3.8) is 0 Å². The number of hydrogen-bond acceptors (Lipinski definition) is 2. The fraction of sp³-hybridized carbons (Fsp3) is 0.0909. The molecule has 2 nitrogen and oxygen atoms in total. The molecule has 0 N–H and O–H groups in total. The molecular formula is C22H14O2. The van der Waals surface area contributed by atoms with Gasteiger partial charge in [-0.1, -0.05) is 24.3 Å². The summed E-state index contributed by atoms with van der Waals surface area (Å²) < 4.78 is 12.1. The van der Waals surface area contributed by atoms with Gasteiger partial charge in [0.25, 0.3) is 0 Å². The monoisotopic (exact) mass is 310 g/mol. The van der Waals surface area contributed by atoms with Crippen LogP contribution in [0, 0.1) is 0 Å². The highest BCUT2D eigenvalue weighted by Crippen LogP contribution is 2.33. The molecule has 1 aliphatic rings. The molecule has 0 saturated carbocycles. The van der Waals surface area contributed by atoms with Crippen molar-refractivity contribution < 1.29 is 8.83 Å². The van der Waals surface area contributed by atoms with E-state index >= 15 is 0 Å². The van der Waals surface area contributed by atoms with E-state index in [4.69, 9.17) is 8.83 Å². The van der Waals surface area contributed by atoms with E-state index < -0.39 is 0 Å². The molecule has 24 heavy (non-hydrogen) atoms. The largest absolute Gasteiger partial charge is 0.456 e. The lowest BCUT2D eigenvalue weighted by atomic mass is 10.0. The molecule has 0 saturated heterocycles. The number of benzene rings is 3. The van der Waals surface area contributed by atoms with Crippen molar-refractivity contribution in [3.05, 3.63) is 59.2 Å². The molecule has 2 aromatic heterocycles. The van der Waals surface area contributed by atoms with E-state index in [9.17, 15) is 0 Å². The van der Waals surface area contributed by atoms with Gasteiger partial charge in [-0.3, -0.25) is 0 Å². The Morgan fingerprint density at radius 2 is 1.38 bits per heavy atom. The zero-order chi connectivity index (χ0) is 15.7. The second-order valence-electron chi connectivity index (χ2n) is 6.51. The third-order valence-electron chi connectivity index (χ3n) is 5.05. The highest BCUT2D eigenvalue weighted by atomic mass is 16.3. The molecule has 0 aliphatic heterocycles. The van der Waals surface area contributed by atoms with E-state index in [1.165, 1.54) is 21.4 Å². The molecule has 0 spiro atoms. The van der Waals surface area contributed by atoms with Crippen molar-refractivity contribution in [1.29, 1.82) is 0 Å². The van der Waals surface area contributed by atoms with Gasteiger partial charge in [0.05, 0.1) is 0 Å². The van der Waals surface area contributed by atoms with Crippen molar-refractivity contribution in [2.75, 3.05) is 0 Å². The van der Waals surface area contributed by atoms with Gasteiger partial charge >= 0.3 is 0 Å². The molecule has 0 amide bonds. The normalized spacial score (nSPS) is 14.2. The number of fused-ring (bicyclic) bond motifs is 7. The first-order valence-corrected chi connectivity index (χ1v) is 8.35. The predicted octanol–water partition coefficient (Wildman–Crippen LogP) is 4.84. The van der Waals surface area contributed by atoms with Crippen LogP contribution in [-0.2, 0) is 0 Å². The van der Waals surface area contributed by atoms with Crippen LogP contribution in [0.15, 0.2) is 57.4 Å². The third-order valence-corrected chi connectivity index (χ3v) is 5.05. The summed E-state index contributed by atoms with van der Waals surface area (Å²) in [7, 11) is 0. The van der Waals surface area contributed by atoms with Crippen molar-refractivity contribution in [2.45, 2.75) is 12.8 Å². The Hall–Kier alpha value is -3.00. The van der Waals surface area contributed by atoms with Crippen LogP contribution in [0.1, 0.15) is 12.8 Å². The Morgan fingerprint density at radius 3 is 2.29 bits per heavy atom. The molecule has 0 bridgehead atoms. The lowest BCUT2D eigenvalue weighted by molar-refractivity contribution is 0.572. The van der Waals surface area contributed by atoms with Crippen molar-refractivity contribution in [3.8, 4) is 0 Å². The molecule has 2 heteroatoms. The minimum absolute atomic E-state index is 0.937. The van der Waals surface area contributed by atoms with Crippen LogP contribution >= 0.6 is 0 Å². The minimum atomic E-state index is 0.937. The highest BCUT2D eigenvalue weighted by Gasteiger charge is 2.11. The first kappa shape index (κ1) is 12.4. The molecule has 0 unspecified atom stereocenters. The topological polar surface area (TPSA) is 26.3 Å². The summed E-state index contributed by atoms with van der Waals surface area (Å²) in [5.74, 6) is 0. The van der Waals surface area contributed by atoms with Gasteiger partial charge in [0.2, 0.25) is 0 Å². The van der Waals surface area contributed by atoms with Gasteiger partial charge in [0.15, 0.2) is 0 Å². The van der Waals surface area contributed by atoms with Gasteiger partial charge < -0.3 is 8.83 Å². The van der Waals surface area contributed by atoms with Crippen LogP contribution in [0.25, 0.3) is 55.8 Å². The summed E-state index contributed by atoms with van der Waals surface area (Å²) in [5, 5.41) is 7.14. The maximum atomic E-state index is 6.07. The number of rotatable bonds is 0. The Labute approximate surface area is 137 Å². The molecule has 2 heterocycles. The molecule has 0 radical (unpaired) electrons. The molecule has 5 aromatic rings. The zero-order valence-electron chi connectivity index (χ0n) is 13.0. The quantitative estimate of drug-likeness (QED) is 0.409. The first-order valence-electron chi connectivity index (χ1n) is 8.35. The second kappa shape index (κ2) is 4.30. The Kier molecular flexibility index (Phi) is 2.22. The van der Waals surface area contributed by atoms with Crippen LogP contribution in [0.5, 0.6) is 0 Å². The number of hydrogen-bond donors (Lipinski definition) is 0. The molecule has 3 aromatic carbocycles. The Morgan fingerprint density at radius 1 is 0.625 bits per heavy atom. The lowest BCUT2D eigenvalue weighted by Gasteiger charge is -1.99. The first-order chi connectivity index (χ1) is 11.9. The van der Waals surface area contributed by atoms with E-state index in [0.29, 0.717) is 0 Å². The van der Waals surface area contributed by atoms with Crippen molar-refractivity contribution in [1.82, 2.24) is 0 Å². The Bertz CT molecular complexity index is 1400. The fourth-order valence-electron chi connectivity index (χ4n) is 3.90. The molecule has 1 aliphatic carbocycles. The van der Waals surface area contributed by atoms with E-state index in [-0.39, 0.29) is 0 Å². The van der Waals surface area contributed by atoms with Crippen LogP contribution in [0.4, 0.5) is 0 Å². The third kappa shape index (κ3) is 1.55. The summed E-state index contributed by atoms with van der Waals surface area (Å²) in [4.78, 5) is 0. The summed E-state index contributed by atoms with van der Waals surface area (Å²) in [6.07, 6.45) is 6.62. The maximum Gasteiger partial charge on any atom is 0.136 e. The van der Waals surface area contributed by atoms with Crippen LogP contribution < -0.4 is 10.6 Å². The standard InChI is InChI=1S/C22H14O2/c1-3-7-19-15(5-1)17-9-13-12-22-18(10-14(13)11-21(17)23-19)16-6-2-4-8-20(16)24-22/h1,3,5-12H,2,4H2. The van der Waals surface area contributed by atoms with Gasteiger partial charge in [0.1, 0.15) is 22.2 Å². The molecule has 0 fully saturated rings. The minimum Gasteiger partial charge on any atom is -0.456 e. The van der Waals surface area contributed by atoms with Crippen molar-refractivity contribution >= 4 is 55.8 Å². The Balaban J connectivity index is 1.80. The summed E-state index contributed by atoms with van der Waals surface area (Å²) in [6, 6.07) is 16.9.